The van der Waals surface area contributed by atoms with Crippen LogP contribution >= 0.6 is 11.6 Å². The number of nitrogens with zero attached hydrogens (tertiary/aromatic N) is 1. The molecule has 0 aliphatic rings. The second-order valence-corrected chi connectivity index (χ2v) is 8.74. The average molecular weight is 502 g/mol. The molecule has 0 aromatic heterocycles. The molecule has 1 amide bonds. The highest BCUT2D eigenvalue weighted by Crippen LogP contribution is 2.28. The number of aliphatic hydroxyl groups excluding tert-OH is 1. The highest BCUT2D eigenvalue weighted by Gasteiger charge is 2.31. The van der Waals surface area contributed by atoms with Crippen molar-refractivity contribution in [3.05, 3.63) is 57.6 Å². The minimum absolute atomic E-state index is 0.0386. The first-order valence-electron chi connectivity index (χ1n) is 9.19. The van der Waals surface area contributed by atoms with Crippen LogP contribution in [0.15, 0.2) is 47.4 Å². The molecule has 0 bridgehead atoms. The zero-order valence-corrected chi connectivity index (χ0v) is 18.9. The summed E-state index contributed by atoms with van der Waals surface area (Å²) in [5.41, 5.74) is -0.350. The molecule has 0 radical (unpaired) electrons. The molecule has 33 heavy (non-hydrogen) atoms. The summed E-state index contributed by atoms with van der Waals surface area (Å²) in [6, 6.07) is 6.85. The second-order valence-electron chi connectivity index (χ2n) is 6.59. The van der Waals surface area contributed by atoms with Crippen molar-refractivity contribution in [3.8, 4) is 5.75 Å². The van der Waals surface area contributed by atoms with Crippen LogP contribution in [0.4, 0.5) is 11.4 Å². The molecule has 0 saturated carbocycles. The van der Waals surface area contributed by atoms with Crippen molar-refractivity contribution in [2.24, 2.45) is 0 Å². The molecule has 0 heterocycles. The Morgan fingerprint density at radius 2 is 1.85 bits per heavy atom. The maximum absolute atomic E-state index is 12.5. The highest BCUT2D eigenvalue weighted by atomic mass is 35.5. The Morgan fingerprint density at radius 3 is 2.39 bits per heavy atom. The first-order valence-corrected chi connectivity index (χ1v) is 11.1. The minimum atomic E-state index is -4.23. The number of ether oxygens (including phenoxy) is 2. The minimum Gasteiger partial charge on any atom is -0.495 e. The summed E-state index contributed by atoms with van der Waals surface area (Å²) in [4.78, 5) is 34.6. The number of amides is 1. The van der Waals surface area contributed by atoms with Gasteiger partial charge in [-0.25, -0.2) is 8.42 Å². The molecule has 0 aliphatic carbocycles. The monoisotopic (exact) mass is 501 g/mol. The summed E-state index contributed by atoms with van der Waals surface area (Å²) in [6.07, 6.45) is -1.50. The number of halogens is 1. The van der Waals surface area contributed by atoms with Gasteiger partial charge in [0.1, 0.15) is 11.8 Å². The Labute approximate surface area is 193 Å². The van der Waals surface area contributed by atoms with Crippen molar-refractivity contribution in [1.29, 1.82) is 0 Å². The van der Waals surface area contributed by atoms with E-state index in [1.807, 2.05) is 4.72 Å². The Kier molecular flexibility index (Phi) is 8.70. The van der Waals surface area contributed by atoms with Gasteiger partial charge >= 0.3 is 5.97 Å². The lowest BCUT2D eigenvalue weighted by Crippen LogP contribution is -2.48. The number of carbonyl (C=O) groups is 2. The summed E-state index contributed by atoms with van der Waals surface area (Å²) in [7, 11) is -2.94. The molecule has 14 heteroatoms. The van der Waals surface area contributed by atoms with Crippen molar-refractivity contribution in [2.75, 3.05) is 19.0 Å². The molecule has 0 spiro atoms. The van der Waals surface area contributed by atoms with Crippen molar-refractivity contribution < 1.29 is 37.5 Å². The summed E-state index contributed by atoms with van der Waals surface area (Å²) in [6.45, 7) is 0.293. The number of non-ortho nitro benzene ring substituents is 1. The zero-order valence-electron chi connectivity index (χ0n) is 17.3. The number of anilines is 1. The van der Waals surface area contributed by atoms with Crippen LogP contribution in [0.3, 0.4) is 0 Å². The first kappa shape index (κ1) is 26.0. The first-order chi connectivity index (χ1) is 15.4. The molecule has 2 rings (SSSR count). The molecule has 3 N–H and O–H groups in total. The summed E-state index contributed by atoms with van der Waals surface area (Å²) in [5, 5.41) is 23.4. The molecule has 2 aromatic rings. The summed E-state index contributed by atoms with van der Waals surface area (Å²) >= 11 is 5.73. The van der Waals surface area contributed by atoms with Gasteiger partial charge in [-0.15, -0.1) is 0 Å². The molecular weight excluding hydrogens is 482 g/mol. The van der Waals surface area contributed by atoms with Gasteiger partial charge in [-0.1, -0.05) is 11.6 Å². The molecule has 2 aromatic carbocycles. The van der Waals surface area contributed by atoms with Crippen LogP contribution in [0.2, 0.25) is 5.02 Å². The number of sulfonamides is 1. The molecule has 12 nitrogen and oxygen atoms in total. The Morgan fingerprint density at radius 1 is 1.21 bits per heavy atom. The number of esters is 1. The quantitative estimate of drug-likeness (QED) is 0.247. The maximum Gasteiger partial charge on any atom is 0.327 e. The van der Waals surface area contributed by atoms with Gasteiger partial charge in [0.05, 0.1) is 28.7 Å². The van der Waals surface area contributed by atoms with Gasteiger partial charge in [0.25, 0.3) is 11.6 Å². The van der Waals surface area contributed by atoms with E-state index in [4.69, 9.17) is 21.1 Å². The highest BCUT2D eigenvalue weighted by molar-refractivity contribution is 7.89. The van der Waals surface area contributed by atoms with Crippen molar-refractivity contribution in [2.45, 2.75) is 24.0 Å². The number of carbonyl (C=O) groups excluding carboxylic acids is 2. The predicted octanol–water partition coefficient (Wildman–Crippen LogP) is 1.47. The Balaban J connectivity index is 2.06. The van der Waals surface area contributed by atoms with Crippen LogP contribution < -0.4 is 14.8 Å². The molecule has 178 valence electrons. The third-order valence-electron chi connectivity index (χ3n) is 4.16. The SMILES string of the molecule is COc1ccc([N+](=O)[O-])cc1NC(=O)COC(=O)[C@H](NS(=O)(=O)c1ccc(Cl)cc1)[C@H](C)O. The van der Waals surface area contributed by atoms with E-state index in [2.05, 4.69) is 5.32 Å². The number of nitro benzene ring substituents is 1. The van der Waals surface area contributed by atoms with Crippen molar-refractivity contribution >= 4 is 44.9 Å². The predicted molar refractivity (Wildman–Crippen MR) is 116 cm³/mol. The average Bonchev–Trinajstić information content (AvgIpc) is 2.75. The lowest BCUT2D eigenvalue weighted by Gasteiger charge is -2.20. The largest absolute Gasteiger partial charge is 0.495 e. The topological polar surface area (TPSA) is 174 Å². The number of methoxy groups -OCH3 is 1. The lowest BCUT2D eigenvalue weighted by atomic mass is 10.2. The van der Waals surface area contributed by atoms with E-state index < -0.39 is 45.6 Å². The molecule has 2 atom stereocenters. The van der Waals surface area contributed by atoms with E-state index in [1.54, 1.807) is 0 Å². The van der Waals surface area contributed by atoms with Crippen LogP contribution in [0.25, 0.3) is 0 Å². The molecular formula is C19H20ClN3O9S. The van der Waals surface area contributed by atoms with E-state index in [9.17, 15) is 33.2 Å². The maximum atomic E-state index is 12.5. The van der Waals surface area contributed by atoms with E-state index in [-0.39, 0.29) is 22.0 Å². The normalized spacial score (nSPS) is 13.0. The molecule has 0 aliphatic heterocycles. The van der Waals surface area contributed by atoms with Gasteiger partial charge < -0.3 is 19.9 Å². The van der Waals surface area contributed by atoms with Crippen LogP contribution in [-0.4, -0.2) is 56.2 Å². The number of nitrogens with one attached hydrogen (secondary N) is 2. The summed E-state index contributed by atoms with van der Waals surface area (Å²) < 4.78 is 36.8. The Hall–Kier alpha value is -3.26. The fourth-order valence-electron chi connectivity index (χ4n) is 2.51. The third kappa shape index (κ3) is 7.12. The lowest BCUT2D eigenvalue weighted by molar-refractivity contribution is -0.384. The van der Waals surface area contributed by atoms with Crippen molar-refractivity contribution in [3.63, 3.8) is 0 Å². The summed E-state index contributed by atoms with van der Waals surface area (Å²) in [5.74, 6) is -1.98. The van der Waals surface area contributed by atoms with Crippen LogP contribution in [-0.2, 0) is 24.3 Å². The van der Waals surface area contributed by atoms with Crippen LogP contribution in [0.1, 0.15) is 6.92 Å². The number of aliphatic hydroxyl groups is 1. The fourth-order valence-corrected chi connectivity index (χ4v) is 3.90. The van der Waals surface area contributed by atoms with E-state index >= 15 is 0 Å². The van der Waals surface area contributed by atoms with Crippen LogP contribution in [0, 0.1) is 10.1 Å². The van der Waals surface area contributed by atoms with E-state index in [0.717, 1.165) is 13.0 Å². The number of nitro groups is 1. The van der Waals surface area contributed by atoms with Gasteiger partial charge in [-0.05, 0) is 37.3 Å². The van der Waals surface area contributed by atoms with Crippen LogP contribution in [0.5, 0.6) is 5.75 Å². The zero-order chi connectivity index (χ0) is 24.8. The fraction of sp³-hybridized carbons (Fsp3) is 0.263. The van der Waals surface area contributed by atoms with E-state index in [1.165, 1.54) is 43.5 Å². The van der Waals surface area contributed by atoms with Crippen molar-refractivity contribution in [1.82, 2.24) is 4.72 Å². The second kappa shape index (κ2) is 11.0. The Bertz CT molecular complexity index is 1140. The van der Waals surface area contributed by atoms with Gasteiger partial charge in [0, 0.05) is 17.2 Å². The molecule has 0 saturated heterocycles. The number of hydrogen-bond donors (Lipinski definition) is 3. The smallest absolute Gasteiger partial charge is 0.327 e. The third-order valence-corrected chi connectivity index (χ3v) is 5.86. The van der Waals surface area contributed by atoms with E-state index in [0.29, 0.717) is 5.02 Å². The molecule has 0 fully saturated rings. The van der Waals surface area contributed by atoms with Gasteiger partial charge in [0.2, 0.25) is 10.0 Å². The number of rotatable bonds is 10. The number of benzene rings is 2. The van der Waals surface area contributed by atoms with Gasteiger partial charge in [0.15, 0.2) is 6.61 Å². The standard InChI is InChI=1S/C19H20ClN3O9S/c1-11(24)18(22-33(29,30)14-6-3-12(20)4-7-14)19(26)32-10-17(25)21-15-9-13(23(27)28)5-8-16(15)31-2/h3-9,11,18,22,24H,10H2,1-2H3,(H,21,25)/t11-,18+/m0/s1. The van der Waals surface area contributed by atoms with Gasteiger partial charge in [-0.3, -0.25) is 19.7 Å². The molecule has 0 unspecified atom stereocenters. The number of hydrogen-bond acceptors (Lipinski definition) is 9. The van der Waals surface area contributed by atoms with Gasteiger partial charge in [-0.2, -0.15) is 4.72 Å².